The Balaban J connectivity index is 2.02. The van der Waals surface area contributed by atoms with E-state index in [1.807, 2.05) is 12.1 Å². The van der Waals surface area contributed by atoms with Crippen LogP contribution in [0.25, 0.3) is 22.3 Å². The first-order chi connectivity index (χ1) is 10.7. The Hall–Kier alpha value is -3.26. The largest absolute Gasteiger partial charge is 0.465 e. The second kappa shape index (κ2) is 5.62. The van der Waals surface area contributed by atoms with Crippen LogP contribution in [0, 0.1) is 11.3 Å². The van der Waals surface area contributed by atoms with Gasteiger partial charge in [-0.1, -0.05) is 12.1 Å². The molecule has 5 nitrogen and oxygen atoms in total. The molecule has 0 bridgehead atoms. The van der Waals surface area contributed by atoms with Gasteiger partial charge in [-0.05, 0) is 30.3 Å². The summed E-state index contributed by atoms with van der Waals surface area (Å²) in [5.41, 5.74) is 3.94. The summed E-state index contributed by atoms with van der Waals surface area (Å²) in [6.45, 7) is 0. The number of hydrogen-bond donors (Lipinski definition) is 0. The van der Waals surface area contributed by atoms with Gasteiger partial charge in [0.15, 0.2) is 0 Å². The van der Waals surface area contributed by atoms with Crippen molar-refractivity contribution >= 4 is 17.0 Å². The van der Waals surface area contributed by atoms with E-state index in [2.05, 4.69) is 20.8 Å². The number of nitriles is 1. The summed E-state index contributed by atoms with van der Waals surface area (Å²) in [5.74, 6) is -0.403. The van der Waals surface area contributed by atoms with Crippen LogP contribution in [0.2, 0.25) is 0 Å². The zero-order valence-corrected chi connectivity index (χ0v) is 11.8. The van der Waals surface area contributed by atoms with Crippen LogP contribution in [0.15, 0.2) is 48.7 Å². The number of ether oxygens (including phenoxy) is 1. The van der Waals surface area contributed by atoms with E-state index < -0.39 is 5.97 Å². The highest BCUT2D eigenvalue weighted by Crippen LogP contribution is 2.20. The van der Waals surface area contributed by atoms with E-state index >= 15 is 0 Å². The molecule has 0 aliphatic carbocycles. The van der Waals surface area contributed by atoms with Crippen molar-refractivity contribution in [2.45, 2.75) is 0 Å². The van der Waals surface area contributed by atoms with Gasteiger partial charge in [-0.25, -0.2) is 9.78 Å². The number of carbonyl (C=O) groups excluding carboxylic acids is 1. The SMILES string of the molecule is COC(=O)c1ccc2nc(-c3ccc(C#N)cc3)cnc2c1. The molecule has 0 unspecified atom stereocenters. The second-order valence-electron chi connectivity index (χ2n) is 4.64. The molecule has 0 spiro atoms. The van der Waals surface area contributed by atoms with Gasteiger partial charge in [-0.3, -0.25) is 4.98 Å². The highest BCUT2D eigenvalue weighted by Gasteiger charge is 2.08. The predicted molar refractivity (Wildman–Crippen MR) is 81.0 cm³/mol. The molecule has 0 saturated carbocycles. The number of hydrogen-bond acceptors (Lipinski definition) is 5. The molecule has 2 aromatic carbocycles. The van der Waals surface area contributed by atoms with E-state index in [-0.39, 0.29) is 0 Å². The van der Waals surface area contributed by atoms with Gasteiger partial charge in [-0.15, -0.1) is 0 Å². The molecule has 22 heavy (non-hydrogen) atoms. The maximum atomic E-state index is 11.5. The average molecular weight is 289 g/mol. The Morgan fingerprint density at radius 3 is 2.59 bits per heavy atom. The number of esters is 1. The van der Waals surface area contributed by atoms with Crippen molar-refractivity contribution in [1.29, 1.82) is 5.26 Å². The molecule has 106 valence electrons. The molecular weight excluding hydrogens is 278 g/mol. The maximum Gasteiger partial charge on any atom is 0.337 e. The fourth-order valence-corrected chi connectivity index (χ4v) is 2.11. The molecule has 0 N–H and O–H groups in total. The quantitative estimate of drug-likeness (QED) is 0.678. The summed E-state index contributed by atoms with van der Waals surface area (Å²) < 4.78 is 4.69. The van der Waals surface area contributed by atoms with Crippen molar-refractivity contribution in [3.63, 3.8) is 0 Å². The minimum atomic E-state index is -0.403. The lowest BCUT2D eigenvalue weighted by Gasteiger charge is -2.04. The summed E-state index contributed by atoms with van der Waals surface area (Å²) in [4.78, 5) is 20.4. The number of rotatable bonds is 2. The summed E-state index contributed by atoms with van der Waals surface area (Å²) in [6.07, 6.45) is 1.64. The maximum absolute atomic E-state index is 11.5. The first kappa shape index (κ1) is 13.7. The van der Waals surface area contributed by atoms with Gasteiger partial charge in [0.25, 0.3) is 0 Å². The van der Waals surface area contributed by atoms with Gasteiger partial charge >= 0.3 is 5.97 Å². The molecule has 0 radical (unpaired) electrons. The minimum Gasteiger partial charge on any atom is -0.465 e. The third-order valence-electron chi connectivity index (χ3n) is 3.27. The summed E-state index contributed by atoms with van der Waals surface area (Å²) >= 11 is 0. The molecule has 3 aromatic rings. The van der Waals surface area contributed by atoms with E-state index in [0.717, 1.165) is 5.56 Å². The van der Waals surface area contributed by atoms with Crippen molar-refractivity contribution in [2.24, 2.45) is 0 Å². The van der Waals surface area contributed by atoms with Gasteiger partial charge in [0.2, 0.25) is 0 Å². The van der Waals surface area contributed by atoms with E-state index in [4.69, 9.17) is 5.26 Å². The lowest BCUT2D eigenvalue weighted by Crippen LogP contribution is -2.01. The van der Waals surface area contributed by atoms with E-state index in [1.165, 1.54) is 7.11 Å². The minimum absolute atomic E-state index is 0.403. The van der Waals surface area contributed by atoms with E-state index in [1.54, 1.807) is 36.5 Å². The first-order valence-electron chi connectivity index (χ1n) is 6.57. The first-order valence-corrected chi connectivity index (χ1v) is 6.57. The fourth-order valence-electron chi connectivity index (χ4n) is 2.11. The highest BCUT2D eigenvalue weighted by atomic mass is 16.5. The summed E-state index contributed by atoms with van der Waals surface area (Å²) in [6, 6.07) is 14.3. The third-order valence-corrected chi connectivity index (χ3v) is 3.27. The number of aromatic nitrogens is 2. The molecule has 0 amide bonds. The lowest BCUT2D eigenvalue weighted by molar-refractivity contribution is 0.0601. The standard InChI is InChI=1S/C17H11N3O2/c1-22-17(21)13-6-7-14-15(8-13)19-10-16(20-14)12-4-2-11(9-18)3-5-12/h2-8,10H,1H3. The van der Waals surface area contributed by atoms with Gasteiger partial charge in [0, 0.05) is 5.56 Å². The zero-order valence-electron chi connectivity index (χ0n) is 11.8. The molecule has 0 saturated heterocycles. The topological polar surface area (TPSA) is 75.9 Å². The van der Waals surface area contributed by atoms with Crippen LogP contribution in [0.4, 0.5) is 0 Å². The van der Waals surface area contributed by atoms with Gasteiger partial charge in [0.05, 0.1) is 47.2 Å². The number of nitrogens with zero attached hydrogens (tertiary/aromatic N) is 3. The van der Waals surface area contributed by atoms with Crippen molar-refractivity contribution in [2.75, 3.05) is 7.11 Å². The van der Waals surface area contributed by atoms with Crippen molar-refractivity contribution in [3.05, 3.63) is 59.8 Å². The van der Waals surface area contributed by atoms with Crippen LogP contribution >= 0.6 is 0 Å². The predicted octanol–water partition coefficient (Wildman–Crippen LogP) is 2.96. The van der Waals surface area contributed by atoms with Crippen molar-refractivity contribution < 1.29 is 9.53 Å². The lowest BCUT2D eigenvalue weighted by atomic mass is 10.1. The molecule has 0 fully saturated rings. The number of carbonyl (C=O) groups is 1. The van der Waals surface area contributed by atoms with Crippen molar-refractivity contribution in [3.8, 4) is 17.3 Å². The molecule has 0 atom stereocenters. The molecule has 5 heteroatoms. The molecule has 0 aliphatic rings. The van der Waals surface area contributed by atoms with Crippen molar-refractivity contribution in [1.82, 2.24) is 9.97 Å². The van der Waals surface area contributed by atoms with Gasteiger partial charge in [0.1, 0.15) is 0 Å². The zero-order chi connectivity index (χ0) is 15.5. The normalized spacial score (nSPS) is 10.2. The number of benzene rings is 2. The summed E-state index contributed by atoms with van der Waals surface area (Å²) in [5, 5.41) is 8.82. The van der Waals surface area contributed by atoms with Crippen LogP contribution < -0.4 is 0 Å². The van der Waals surface area contributed by atoms with E-state index in [0.29, 0.717) is 27.9 Å². The fraction of sp³-hybridized carbons (Fsp3) is 0.0588. The smallest absolute Gasteiger partial charge is 0.337 e. The Morgan fingerprint density at radius 2 is 1.91 bits per heavy atom. The monoisotopic (exact) mass is 289 g/mol. The molecule has 1 aromatic heterocycles. The summed E-state index contributed by atoms with van der Waals surface area (Å²) in [7, 11) is 1.34. The Labute approximate surface area is 126 Å². The number of methoxy groups -OCH3 is 1. The Morgan fingerprint density at radius 1 is 1.14 bits per heavy atom. The molecule has 3 rings (SSSR count). The van der Waals surface area contributed by atoms with E-state index in [9.17, 15) is 4.79 Å². The Bertz CT molecular complexity index is 896. The Kier molecular flexibility index (Phi) is 3.50. The van der Waals surface area contributed by atoms with Crippen LogP contribution in [0.3, 0.4) is 0 Å². The van der Waals surface area contributed by atoms with Gasteiger partial charge < -0.3 is 4.74 Å². The third kappa shape index (κ3) is 2.50. The van der Waals surface area contributed by atoms with Gasteiger partial charge in [-0.2, -0.15) is 5.26 Å². The molecule has 0 aliphatic heterocycles. The number of fused-ring (bicyclic) bond motifs is 1. The molecular formula is C17H11N3O2. The van der Waals surface area contributed by atoms with Crippen LogP contribution in [-0.2, 0) is 4.74 Å². The van der Waals surface area contributed by atoms with Crippen LogP contribution in [0.5, 0.6) is 0 Å². The van der Waals surface area contributed by atoms with Crippen LogP contribution in [0.1, 0.15) is 15.9 Å². The average Bonchev–Trinajstić information content (AvgIpc) is 2.60. The molecule has 1 heterocycles. The highest BCUT2D eigenvalue weighted by molar-refractivity contribution is 5.93. The van der Waals surface area contributed by atoms with Crippen LogP contribution in [-0.4, -0.2) is 23.0 Å². The second-order valence-corrected chi connectivity index (χ2v) is 4.64.